The predicted octanol–water partition coefficient (Wildman–Crippen LogP) is 2.02. The van der Waals surface area contributed by atoms with Gasteiger partial charge in [-0.25, -0.2) is 9.78 Å². The van der Waals surface area contributed by atoms with E-state index in [1.807, 2.05) is 0 Å². The second-order valence-electron chi connectivity index (χ2n) is 5.78. The van der Waals surface area contributed by atoms with Crippen LogP contribution in [0.4, 0.5) is 0 Å². The van der Waals surface area contributed by atoms with E-state index in [0.717, 1.165) is 0 Å². The molecule has 1 aromatic rings. The van der Waals surface area contributed by atoms with Gasteiger partial charge in [0.25, 0.3) is 0 Å². The van der Waals surface area contributed by atoms with Crippen LogP contribution in [-0.2, 0) is 27.3 Å². The van der Waals surface area contributed by atoms with Crippen molar-refractivity contribution in [3.8, 4) is 0 Å². The van der Waals surface area contributed by atoms with Gasteiger partial charge in [0, 0.05) is 6.42 Å². The summed E-state index contributed by atoms with van der Waals surface area (Å²) in [5.41, 5.74) is 0.572. The van der Waals surface area contributed by atoms with E-state index in [2.05, 4.69) is 4.98 Å². The summed E-state index contributed by atoms with van der Waals surface area (Å²) in [5, 5.41) is 9.12. The number of esters is 2. The van der Waals surface area contributed by atoms with E-state index in [4.69, 9.17) is 14.6 Å². The Morgan fingerprint density at radius 2 is 1.95 bits per heavy atom. The minimum absolute atomic E-state index is 0.136. The molecular weight excluding hydrogens is 286 g/mol. The van der Waals surface area contributed by atoms with Crippen LogP contribution < -0.4 is 0 Å². The summed E-state index contributed by atoms with van der Waals surface area (Å²) >= 11 is 0. The van der Waals surface area contributed by atoms with Crippen LogP contribution in [0.5, 0.6) is 0 Å². The molecule has 0 unspecified atom stereocenters. The van der Waals surface area contributed by atoms with E-state index >= 15 is 0 Å². The first-order chi connectivity index (χ1) is 10.3. The molecule has 0 spiro atoms. The number of hydrogen-bond acceptors (Lipinski definition) is 6. The van der Waals surface area contributed by atoms with Crippen molar-refractivity contribution in [3.63, 3.8) is 0 Å². The second kappa shape index (κ2) is 7.89. The molecule has 0 saturated heterocycles. The Bertz CT molecular complexity index is 534. The Morgan fingerprint density at radius 3 is 2.50 bits per heavy atom. The average molecular weight is 309 g/mol. The van der Waals surface area contributed by atoms with Gasteiger partial charge in [-0.2, -0.15) is 0 Å². The van der Waals surface area contributed by atoms with Crippen LogP contribution in [0, 0.1) is 0 Å². The Balaban J connectivity index is 2.85. The van der Waals surface area contributed by atoms with E-state index in [-0.39, 0.29) is 31.3 Å². The largest absolute Gasteiger partial charge is 0.461 e. The molecule has 122 valence electrons. The normalized spacial score (nSPS) is 11.1. The zero-order chi connectivity index (χ0) is 16.8. The van der Waals surface area contributed by atoms with Gasteiger partial charge in [-0.15, -0.1) is 0 Å². The van der Waals surface area contributed by atoms with Gasteiger partial charge in [0.1, 0.15) is 5.60 Å². The number of aliphatic hydroxyl groups excluding tert-OH is 1. The molecule has 1 N–H and O–H groups in total. The third-order valence-corrected chi connectivity index (χ3v) is 2.69. The first kappa shape index (κ1) is 18.1. The Kier molecular flexibility index (Phi) is 6.49. The molecule has 0 radical (unpaired) electrons. The van der Waals surface area contributed by atoms with Crippen LogP contribution in [-0.4, -0.2) is 34.2 Å². The molecule has 0 aliphatic heterocycles. The fourth-order valence-electron chi connectivity index (χ4n) is 1.82. The maximum atomic E-state index is 11.9. The molecule has 1 aromatic heterocycles. The van der Waals surface area contributed by atoms with Gasteiger partial charge in [0.15, 0.2) is 5.69 Å². The highest BCUT2D eigenvalue weighted by atomic mass is 16.6. The van der Waals surface area contributed by atoms with Gasteiger partial charge < -0.3 is 14.6 Å². The second-order valence-corrected chi connectivity index (χ2v) is 5.78. The van der Waals surface area contributed by atoms with Crippen molar-refractivity contribution in [1.29, 1.82) is 0 Å². The fraction of sp³-hybridized carbons (Fsp3) is 0.562. The zero-order valence-corrected chi connectivity index (χ0v) is 13.5. The summed E-state index contributed by atoms with van der Waals surface area (Å²) in [5.74, 6) is -0.898. The van der Waals surface area contributed by atoms with Crippen LogP contribution >= 0.6 is 0 Å². The SMILES string of the molecule is CCOC(=O)c1nc(CO)ccc1CCC(=O)OC(C)(C)C. The van der Waals surface area contributed by atoms with Crippen molar-refractivity contribution < 1.29 is 24.2 Å². The fourth-order valence-corrected chi connectivity index (χ4v) is 1.82. The maximum Gasteiger partial charge on any atom is 0.357 e. The van der Waals surface area contributed by atoms with E-state index in [1.54, 1.807) is 39.8 Å². The monoisotopic (exact) mass is 309 g/mol. The molecule has 0 fully saturated rings. The molecule has 6 heteroatoms. The summed E-state index contributed by atoms with van der Waals surface area (Å²) in [7, 11) is 0. The number of hydrogen-bond donors (Lipinski definition) is 1. The van der Waals surface area contributed by atoms with Crippen LogP contribution in [0.3, 0.4) is 0 Å². The first-order valence-electron chi connectivity index (χ1n) is 7.25. The van der Waals surface area contributed by atoms with Crippen molar-refractivity contribution in [2.75, 3.05) is 6.61 Å². The van der Waals surface area contributed by atoms with E-state index in [9.17, 15) is 9.59 Å². The lowest BCUT2D eigenvalue weighted by Crippen LogP contribution is -2.24. The molecule has 0 saturated carbocycles. The number of nitrogens with zero attached hydrogens (tertiary/aromatic N) is 1. The molecular formula is C16H23NO5. The lowest BCUT2D eigenvalue weighted by molar-refractivity contribution is -0.154. The number of carbonyl (C=O) groups excluding carboxylic acids is 2. The van der Waals surface area contributed by atoms with Crippen molar-refractivity contribution in [2.24, 2.45) is 0 Å². The quantitative estimate of drug-likeness (QED) is 0.809. The lowest BCUT2D eigenvalue weighted by Gasteiger charge is -2.19. The van der Waals surface area contributed by atoms with Crippen molar-refractivity contribution >= 4 is 11.9 Å². The average Bonchev–Trinajstić information content (AvgIpc) is 2.43. The summed E-state index contributed by atoms with van der Waals surface area (Å²) < 4.78 is 10.2. The molecule has 0 atom stereocenters. The molecule has 6 nitrogen and oxygen atoms in total. The molecule has 0 aliphatic rings. The highest BCUT2D eigenvalue weighted by Crippen LogP contribution is 2.15. The highest BCUT2D eigenvalue weighted by Gasteiger charge is 2.19. The van der Waals surface area contributed by atoms with Crippen molar-refractivity contribution in [3.05, 3.63) is 29.1 Å². The van der Waals surface area contributed by atoms with E-state index < -0.39 is 11.6 Å². The van der Waals surface area contributed by atoms with Crippen molar-refractivity contribution in [2.45, 2.75) is 52.7 Å². The smallest absolute Gasteiger partial charge is 0.357 e. The summed E-state index contributed by atoms with van der Waals surface area (Å²) in [6, 6.07) is 3.29. The number of rotatable bonds is 6. The number of aliphatic hydroxyl groups is 1. The van der Waals surface area contributed by atoms with Gasteiger partial charge in [-0.3, -0.25) is 4.79 Å². The minimum Gasteiger partial charge on any atom is -0.461 e. The third-order valence-electron chi connectivity index (χ3n) is 2.69. The predicted molar refractivity (Wildman–Crippen MR) is 80.3 cm³/mol. The number of pyridine rings is 1. The molecule has 0 amide bonds. The third kappa shape index (κ3) is 5.81. The van der Waals surface area contributed by atoms with E-state index in [1.165, 1.54) is 0 Å². The van der Waals surface area contributed by atoms with Crippen molar-refractivity contribution in [1.82, 2.24) is 4.98 Å². The lowest BCUT2D eigenvalue weighted by atomic mass is 10.1. The van der Waals surface area contributed by atoms with Gasteiger partial charge in [-0.1, -0.05) is 6.07 Å². The van der Waals surface area contributed by atoms with Gasteiger partial charge in [-0.05, 0) is 45.7 Å². The zero-order valence-electron chi connectivity index (χ0n) is 13.5. The maximum absolute atomic E-state index is 11.9. The van der Waals surface area contributed by atoms with Gasteiger partial charge in [0.2, 0.25) is 0 Å². The Hall–Kier alpha value is -1.95. The van der Waals surface area contributed by atoms with Crippen LogP contribution in [0.25, 0.3) is 0 Å². The van der Waals surface area contributed by atoms with Gasteiger partial charge in [0.05, 0.1) is 18.9 Å². The molecule has 0 aliphatic carbocycles. The minimum atomic E-state index is -0.558. The van der Waals surface area contributed by atoms with Crippen LogP contribution in [0.2, 0.25) is 0 Å². The molecule has 1 rings (SSSR count). The number of carbonyl (C=O) groups is 2. The summed E-state index contributed by atoms with van der Waals surface area (Å²) in [6.45, 7) is 7.06. The molecule has 0 bridgehead atoms. The Labute approximate surface area is 130 Å². The molecule has 22 heavy (non-hydrogen) atoms. The van der Waals surface area contributed by atoms with E-state index in [0.29, 0.717) is 17.7 Å². The number of ether oxygens (including phenoxy) is 2. The highest BCUT2D eigenvalue weighted by molar-refractivity contribution is 5.89. The number of aromatic nitrogens is 1. The summed E-state index contributed by atoms with van der Waals surface area (Å²) in [6.07, 6.45) is 0.464. The summed E-state index contributed by atoms with van der Waals surface area (Å²) in [4.78, 5) is 27.8. The van der Waals surface area contributed by atoms with Crippen LogP contribution in [0.1, 0.15) is 55.9 Å². The topological polar surface area (TPSA) is 85.7 Å². The number of aryl methyl sites for hydroxylation is 1. The van der Waals surface area contributed by atoms with Gasteiger partial charge >= 0.3 is 11.9 Å². The molecule has 1 heterocycles. The standard InChI is InChI=1S/C16H23NO5/c1-5-21-15(20)14-11(6-8-12(10-18)17-14)7-9-13(19)22-16(2,3)4/h6,8,18H,5,7,9-10H2,1-4H3. The molecule has 0 aromatic carbocycles. The Morgan fingerprint density at radius 1 is 1.27 bits per heavy atom. The first-order valence-corrected chi connectivity index (χ1v) is 7.25. The van der Waals surface area contributed by atoms with Crippen LogP contribution in [0.15, 0.2) is 12.1 Å².